The van der Waals surface area contributed by atoms with Gasteiger partial charge in [0.1, 0.15) is 0 Å². The molecule has 1 N–H and O–H groups in total. The van der Waals surface area contributed by atoms with Crippen molar-refractivity contribution in [3.8, 4) is 0 Å². The quantitative estimate of drug-likeness (QED) is 0.737. The Morgan fingerprint density at radius 1 is 1.23 bits per heavy atom. The summed E-state index contributed by atoms with van der Waals surface area (Å²) in [4.78, 5) is 20.1. The molecule has 0 saturated heterocycles. The fourth-order valence-corrected chi connectivity index (χ4v) is 2.10. The van der Waals surface area contributed by atoms with Gasteiger partial charge in [0.05, 0.1) is 8.81 Å². The Hall–Kier alpha value is -0.720. The molecule has 1 aromatic rings. The predicted molar refractivity (Wildman–Crippen MR) is 55.5 cm³/mol. The first-order chi connectivity index (χ1) is 6.06. The predicted octanol–water partition coefficient (Wildman–Crippen LogP) is 2.34. The van der Waals surface area contributed by atoms with Gasteiger partial charge in [0.25, 0.3) is 0 Å². The lowest BCUT2D eigenvalue weighted by Crippen LogP contribution is -1.99. The van der Waals surface area contributed by atoms with Gasteiger partial charge in [0.2, 0.25) is 5.52 Å². The second-order valence-corrected chi connectivity index (χ2v) is 3.89. The average Bonchev–Trinajstić information content (AvgIpc) is 2.02. The van der Waals surface area contributed by atoms with Crippen molar-refractivity contribution in [1.82, 2.24) is 0 Å². The minimum absolute atomic E-state index is 0.171. The SMILES string of the molecule is Cc1cc(C)c(C(=O)PO)c(C)c1. The van der Waals surface area contributed by atoms with E-state index in [2.05, 4.69) is 0 Å². The van der Waals surface area contributed by atoms with Gasteiger partial charge in [0, 0.05) is 5.56 Å². The maximum atomic E-state index is 11.3. The van der Waals surface area contributed by atoms with Crippen LogP contribution < -0.4 is 0 Å². The Morgan fingerprint density at radius 2 is 1.69 bits per heavy atom. The number of hydrogen-bond acceptors (Lipinski definition) is 2. The average molecular weight is 196 g/mol. The van der Waals surface area contributed by atoms with E-state index < -0.39 is 8.81 Å². The fourth-order valence-electron chi connectivity index (χ4n) is 1.59. The summed E-state index contributed by atoms with van der Waals surface area (Å²) in [6.45, 7) is 5.79. The zero-order valence-electron chi connectivity index (χ0n) is 8.01. The first-order valence-corrected chi connectivity index (χ1v) is 5.03. The number of aryl methyl sites for hydroxylation is 3. The molecular formula is C10H13O2P. The van der Waals surface area contributed by atoms with E-state index >= 15 is 0 Å². The molecule has 0 aliphatic rings. The summed E-state index contributed by atoms with van der Waals surface area (Å²) in [6.07, 6.45) is 0. The monoisotopic (exact) mass is 196 g/mol. The summed E-state index contributed by atoms with van der Waals surface area (Å²) < 4.78 is 0. The third kappa shape index (κ3) is 2.15. The molecule has 0 bridgehead atoms. The van der Waals surface area contributed by atoms with E-state index in [1.807, 2.05) is 32.9 Å². The van der Waals surface area contributed by atoms with Crippen LogP contribution in [-0.4, -0.2) is 10.4 Å². The zero-order valence-corrected chi connectivity index (χ0v) is 9.01. The van der Waals surface area contributed by atoms with Crippen molar-refractivity contribution in [2.75, 3.05) is 0 Å². The molecule has 1 unspecified atom stereocenters. The minimum atomic E-state index is -0.640. The van der Waals surface area contributed by atoms with Crippen molar-refractivity contribution < 1.29 is 9.69 Å². The molecule has 0 amide bonds. The van der Waals surface area contributed by atoms with Crippen LogP contribution in [0.15, 0.2) is 12.1 Å². The van der Waals surface area contributed by atoms with Crippen LogP contribution in [0.5, 0.6) is 0 Å². The summed E-state index contributed by atoms with van der Waals surface area (Å²) in [5.74, 6) is 0. The number of carbonyl (C=O) groups is 1. The molecule has 0 spiro atoms. The zero-order chi connectivity index (χ0) is 10.0. The third-order valence-electron chi connectivity index (χ3n) is 2.01. The van der Waals surface area contributed by atoms with E-state index in [4.69, 9.17) is 4.89 Å². The minimum Gasteiger partial charge on any atom is -0.369 e. The van der Waals surface area contributed by atoms with E-state index in [0.717, 1.165) is 16.7 Å². The molecule has 13 heavy (non-hydrogen) atoms. The van der Waals surface area contributed by atoms with Gasteiger partial charge in [0.15, 0.2) is 0 Å². The van der Waals surface area contributed by atoms with Gasteiger partial charge in [-0.3, -0.25) is 4.79 Å². The largest absolute Gasteiger partial charge is 0.369 e. The van der Waals surface area contributed by atoms with Crippen molar-refractivity contribution in [3.63, 3.8) is 0 Å². The lowest BCUT2D eigenvalue weighted by Gasteiger charge is -2.08. The van der Waals surface area contributed by atoms with Gasteiger partial charge < -0.3 is 4.89 Å². The first-order valence-electron chi connectivity index (χ1n) is 4.08. The van der Waals surface area contributed by atoms with E-state index in [1.165, 1.54) is 0 Å². The van der Waals surface area contributed by atoms with Crippen molar-refractivity contribution in [2.24, 2.45) is 0 Å². The molecule has 2 nitrogen and oxygen atoms in total. The molecule has 0 aliphatic carbocycles. The molecule has 1 aromatic carbocycles. The van der Waals surface area contributed by atoms with Crippen molar-refractivity contribution in [1.29, 1.82) is 0 Å². The van der Waals surface area contributed by atoms with Crippen LogP contribution in [0.2, 0.25) is 0 Å². The topological polar surface area (TPSA) is 37.3 Å². The van der Waals surface area contributed by atoms with E-state index in [-0.39, 0.29) is 5.52 Å². The van der Waals surface area contributed by atoms with Crippen LogP contribution in [0.3, 0.4) is 0 Å². The normalized spacial score (nSPS) is 11.1. The summed E-state index contributed by atoms with van der Waals surface area (Å²) in [5, 5.41) is 0. The summed E-state index contributed by atoms with van der Waals surface area (Å²) in [5.41, 5.74) is 3.54. The van der Waals surface area contributed by atoms with Crippen LogP contribution in [0.4, 0.5) is 0 Å². The van der Waals surface area contributed by atoms with E-state index in [9.17, 15) is 4.79 Å². The molecule has 0 fully saturated rings. The molecule has 3 heteroatoms. The lowest BCUT2D eigenvalue weighted by molar-refractivity contribution is 0.107. The second-order valence-electron chi connectivity index (χ2n) is 3.21. The maximum Gasteiger partial charge on any atom is 0.208 e. The maximum absolute atomic E-state index is 11.3. The van der Waals surface area contributed by atoms with Gasteiger partial charge in [-0.1, -0.05) is 17.7 Å². The Balaban J connectivity index is 3.28. The number of carbonyl (C=O) groups excluding carboxylic acids is 1. The second kappa shape index (κ2) is 3.99. The summed E-state index contributed by atoms with van der Waals surface area (Å²) in [7, 11) is -0.640. The number of rotatable bonds is 2. The van der Waals surface area contributed by atoms with Gasteiger partial charge in [-0.15, -0.1) is 0 Å². The first kappa shape index (κ1) is 10.4. The van der Waals surface area contributed by atoms with Gasteiger partial charge >= 0.3 is 0 Å². The van der Waals surface area contributed by atoms with E-state index in [1.54, 1.807) is 0 Å². The highest BCUT2D eigenvalue weighted by molar-refractivity contribution is 7.53. The molecule has 0 radical (unpaired) electrons. The van der Waals surface area contributed by atoms with Crippen molar-refractivity contribution in [3.05, 3.63) is 34.4 Å². The van der Waals surface area contributed by atoms with Gasteiger partial charge in [-0.25, -0.2) is 0 Å². The molecule has 1 rings (SSSR count). The molecule has 70 valence electrons. The highest BCUT2D eigenvalue weighted by Gasteiger charge is 2.11. The molecule has 0 heterocycles. The highest BCUT2D eigenvalue weighted by atomic mass is 31.1. The van der Waals surface area contributed by atoms with Crippen LogP contribution in [0, 0.1) is 20.8 Å². The Labute approximate surface area is 79.8 Å². The Morgan fingerprint density at radius 3 is 2.08 bits per heavy atom. The molecular weight excluding hydrogens is 183 g/mol. The summed E-state index contributed by atoms with van der Waals surface area (Å²) >= 11 is 0. The summed E-state index contributed by atoms with van der Waals surface area (Å²) in [6, 6.07) is 3.92. The van der Waals surface area contributed by atoms with Crippen molar-refractivity contribution >= 4 is 14.3 Å². The number of hydrogen-bond donors (Lipinski definition) is 1. The van der Waals surface area contributed by atoms with Gasteiger partial charge in [-0.05, 0) is 31.9 Å². The Kier molecular flexibility index (Phi) is 3.18. The van der Waals surface area contributed by atoms with Crippen LogP contribution >= 0.6 is 8.81 Å². The lowest BCUT2D eigenvalue weighted by atomic mass is 10.0. The number of benzene rings is 1. The molecule has 0 saturated carbocycles. The molecule has 0 aromatic heterocycles. The fraction of sp³-hybridized carbons (Fsp3) is 0.300. The molecule has 1 atom stereocenters. The van der Waals surface area contributed by atoms with Crippen molar-refractivity contribution in [2.45, 2.75) is 20.8 Å². The standard InChI is InChI=1S/C10H13O2P/c1-6-4-7(2)9(8(3)5-6)10(11)13-12/h4-5,12-13H,1-3H3. The smallest absolute Gasteiger partial charge is 0.208 e. The van der Waals surface area contributed by atoms with E-state index in [0.29, 0.717) is 5.56 Å². The highest BCUT2D eigenvalue weighted by Crippen LogP contribution is 2.22. The van der Waals surface area contributed by atoms with Gasteiger partial charge in [-0.2, -0.15) is 0 Å². The van der Waals surface area contributed by atoms with Crippen LogP contribution in [-0.2, 0) is 0 Å². The van der Waals surface area contributed by atoms with Crippen LogP contribution in [0.1, 0.15) is 27.0 Å². The Bertz CT molecular complexity index is 322. The molecule has 0 aliphatic heterocycles. The van der Waals surface area contributed by atoms with Crippen LogP contribution in [0.25, 0.3) is 0 Å². The third-order valence-corrected chi connectivity index (χ3v) is 2.46.